The summed E-state index contributed by atoms with van der Waals surface area (Å²) in [6.07, 6.45) is 1.32. The molecule has 5 nitrogen and oxygen atoms in total. The van der Waals surface area contributed by atoms with Crippen molar-refractivity contribution in [2.75, 3.05) is 25.9 Å². The summed E-state index contributed by atoms with van der Waals surface area (Å²) in [6, 6.07) is 19.5. The van der Waals surface area contributed by atoms with E-state index in [4.69, 9.17) is 9.05 Å². The Labute approximate surface area is 174 Å². The molecule has 2 aromatic rings. The van der Waals surface area contributed by atoms with Gasteiger partial charge >= 0.3 is 7.60 Å². The minimum atomic E-state index is -3.18. The summed E-state index contributed by atoms with van der Waals surface area (Å²) in [5.74, 6) is -0.243. The molecule has 1 saturated heterocycles. The van der Waals surface area contributed by atoms with Crippen molar-refractivity contribution in [2.24, 2.45) is 0 Å². The third-order valence-corrected chi connectivity index (χ3v) is 11.0. The lowest BCUT2D eigenvalue weighted by Gasteiger charge is -2.27. The lowest BCUT2D eigenvalue weighted by atomic mass is 10.3. The molecule has 1 heterocycles. The first-order valence-corrected chi connectivity index (χ1v) is 13.8. The Kier molecular flexibility index (Phi) is 7.53. The molecule has 0 amide bonds. The fourth-order valence-corrected chi connectivity index (χ4v) is 9.02. The van der Waals surface area contributed by atoms with E-state index in [0.29, 0.717) is 25.9 Å². The van der Waals surface area contributed by atoms with Crippen molar-refractivity contribution in [1.29, 1.82) is 0 Å². The van der Waals surface area contributed by atoms with E-state index in [9.17, 15) is 9.13 Å². The van der Waals surface area contributed by atoms with Gasteiger partial charge in [-0.25, -0.2) is 0 Å². The highest BCUT2D eigenvalue weighted by Crippen LogP contribution is 2.61. The maximum Gasteiger partial charge on any atom is 0.348 e. The van der Waals surface area contributed by atoms with Gasteiger partial charge in [0.25, 0.3) is 0 Å². The van der Waals surface area contributed by atoms with Crippen LogP contribution < -0.4 is 10.6 Å². The first-order valence-electron chi connectivity index (χ1n) is 10.3. The van der Waals surface area contributed by atoms with Gasteiger partial charge in [-0.05, 0) is 20.3 Å². The second-order valence-electron chi connectivity index (χ2n) is 7.21. The van der Waals surface area contributed by atoms with Crippen LogP contribution in [-0.4, -0.2) is 42.6 Å². The summed E-state index contributed by atoms with van der Waals surface area (Å²) in [6.45, 7) is 7.10. The smallest absolute Gasteiger partial charge is 0.314 e. The molecule has 0 spiro atoms. The number of hydrogen-bond donors (Lipinski definition) is 0. The Balaban J connectivity index is 1.88. The van der Waals surface area contributed by atoms with Crippen molar-refractivity contribution in [2.45, 2.75) is 39.0 Å². The molecular weight excluding hydrogens is 404 g/mol. The first-order chi connectivity index (χ1) is 14.0. The zero-order valence-corrected chi connectivity index (χ0v) is 19.2. The number of hydrogen-bond acceptors (Lipinski definition) is 5. The molecule has 1 unspecified atom stereocenters. The molecule has 158 valence electrons. The second kappa shape index (κ2) is 9.73. The zero-order chi connectivity index (χ0) is 20.9. The molecule has 1 aliphatic heterocycles. The van der Waals surface area contributed by atoms with Gasteiger partial charge in [0.05, 0.1) is 13.2 Å². The third kappa shape index (κ3) is 4.93. The Bertz CT molecular complexity index is 821. The van der Waals surface area contributed by atoms with Crippen LogP contribution in [0.15, 0.2) is 60.7 Å². The van der Waals surface area contributed by atoms with Gasteiger partial charge in [0, 0.05) is 29.4 Å². The summed E-state index contributed by atoms with van der Waals surface area (Å²) >= 11 is 0. The molecule has 3 atom stereocenters. The van der Waals surface area contributed by atoms with E-state index in [0.717, 1.165) is 17.0 Å². The van der Waals surface area contributed by atoms with E-state index in [1.165, 1.54) is 0 Å². The second-order valence-corrected chi connectivity index (χ2v) is 12.3. The highest BCUT2D eigenvalue weighted by Gasteiger charge is 2.54. The van der Waals surface area contributed by atoms with Crippen molar-refractivity contribution in [1.82, 2.24) is 4.90 Å². The van der Waals surface area contributed by atoms with Gasteiger partial charge in [0.2, 0.25) is 0 Å². The van der Waals surface area contributed by atoms with E-state index in [2.05, 4.69) is 11.8 Å². The zero-order valence-electron chi connectivity index (χ0n) is 17.4. The topological polar surface area (TPSA) is 55.6 Å². The van der Waals surface area contributed by atoms with Gasteiger partial charge in [-0.1, -0.05) is 67.6 Å². The van der Waals surface area contributed by atoms with Gasteiger partial charge in [0.15, 0.2) is 0 Å². The maximum atomic E-state index is 14.4. The molecule has 1 aliphatic rings. The van der Waals surface area contributed by atoms with Crippen molar-refractivity contribution in [3.05, 3.63) is 60.7 Å². The van der Waals surface area contributed by atoms with Crippen molar-refractivity contribution >= 4 is 25.3 Å². The fourth-order valence-electron chi connectivity index (χ4n) is 3.85. The number of benzene rings is 2. The van der Waals surface area contributed by atoms with Crippen LogP contribution in [0.5, 0.6) is 0 Å². The van der Waals surface area contributed by atoms with Crippen LogP contribution in [0.2, 0.25) is 0 Å². The van der Waals surface area contributed by atoms with E-state index < -0.39 is 14.7 Å². The molecule has 1 fully saturated rings. The molecule has 0 saturated carbocycles. The van der Waals surface area contributed by atoms with Crippen LogP contribution in [-0.2, 0) is 18.2 Å². The monoisotopic (exact) mass is 435 g/mol. The van der Waals surface area contributed by atoms with Crippen molar-refractivity contribution in [3.63, 3.8) is 0 Å². The van der Waals surface area contributed by atoms with Crippen molar-refractivity contribution < 1.29 is 18.2 Å². The molecular formula is C22H31NO4P2. The standard InChI is InChI=1S/C22H31NO4P2/c1-4-19(23-17-22(23)29(25,26-5-2)27-6-3)18-28(24,20-13-9-7-10-14-20)21-15-11-8-12-16-21/h7-16,19,22H,4-6,17-18H2,1-3H3/t19-,22+,23?/m1/s1. The van der Waals surface area contributed by atoms with Crippen LogP contribution in [0, 0.1) is 0 Å². The molecule has 0 aliphatic carbocycles. The van der Waals surface area contributed by atoms with Crippen LogP contribution in [0.4, 0.5) is 0 Å². The predicted molar refractivity (Wildman–Crippen MR) is 120 cm³/mol. The molecule has 2 aromatic carbocycles. The van der Waals surface area contributed by atoms with E-state index in [1.54, 1.807) is 0 Å². The lowest BCUT2D eigenvalue weighted by molar-refractivity contribution is 0.211. The van der Waals surface area contributed by atoms with Crippen LogP contribution in [0.3, 0.4) is 0 Å². The summed E-state index contributed by atoms with van der Waals surface area (Å²) in [4.78, 5) is 2.14. The largest absolute Gasteiger partial charge is 0.348 e. The Morgan fingerprint density at radius 3 is 1.79 bits per heavy atom. The molecule has 0 radical (unpaired) electrons. The van der Waals surface area contributed by atoms with E-state index in [1.807, 2.05) is 74.5 Å². The quantitative estimate of drug-likeness (QED) is 0.379. The lowest BCUT2D eigenvalue weighted by Crippen LogP contribution is -2.30. The fraction of sp³-hybridized carbons (Fsp3) is 0.455. The summed E-state index contributed by atoms with van der Waals surface area (Å²) in [5.41, 5.74) is 0. The molecule has 29 heavy (non-hydrogen) atoms. The van der Waals surface area contributed by atoms with Gasteiger partial charge < -0.3 is 13.6 Å². The maximum absolute atomic E-state index is 14.4. The van der Waals surface area contributed by atoms with E-state index >= 15 is 0 Å². The Morgan fingerprint density at radius 1 is 0.897 bits per heavy atom. The van der Waals surface area contributed by atoms with Gasteiger partial charge in [-0.3, -0.25) is 9.46 Å². The van der Waals surface area contributed by atoms with Crippen LogP contribution >= 0.6 is 14.7 Å². The molecule has 0 N–H and O–H groups in total. The minimum Gasteiger partial charge on any atom is -0.314 e. The summed E-state index contributed by atoms with van der Waals surface area (Å²) in [5, 5.41) is 1.72. The Hall–Kier alpha value is -1.22. The van der Waals surface area contributed by atoms with Crippen LogP contribution in [0.25, 0.3) is 0 Å². The van der Waals surface area contributed by atoms with E-state index in [-0.39, 0.29) is 11.8 Å². The SMILES string of the molecule is CCOP(=O)(OCC)[C@H]1CN1[C@H](CC)CP(=O)(c1ccccc1)c1ccccc1. The van der Waals surface area contributed by atoms with Gasteiger partial charge in [-0.2, -0.15) is 0 Å². The minimum absolute atomic E-state index is 0.0421. The predicted octanol–water partition coefficient (Wildman–Crippen LogP) is 4.69. The average Bonchev–Trinajstić information content (AvgIpc) is 3.55. The third-order valence-electron chi connectivity index (χ3n) is 5.36. The summed E-state index contributed by atoms with van der Waals surface area (Å²) in [7, 11) is -6.01. The highest BCUT2D eigenvalue weighted by molar-refractivity contribution is 7.78. The number of nitrogens with zero attached hydrogens (tertiary/aromatic N) is 1. The molecule has 7 heteroatoms. The molecule has 0 bridgehead atoms. The van der Waals surface area contributed by atoms with Crippen LogP contribution in [0.1, 0.15) is 27.2 Å². The normalized spacial score (nSPS) is 20.4. The average molecular weight is 435 g/mol. The molecule has 0 aromatic heterocycles. The highest BCUT2D eigenvalue weighted by atomic mass is 31.2. The van der Waals surface area contributed by atoms with Gasteiger partial charge in [-0.15, -0.1) is 0 Å². The van der Waals surface area contributed by atoms with Gasteiger partial charge in [0.1, 0.15) is 12.9 Å². The Morgan fingerprint density at radius 2 is 1.38 bits per heavy atom. The first kappa shape index (κ1) is 22.5. The number of rotatable bonds is 11. The summed E-state index contributed by atoms with van der Waals surface area (Å²) < 4.78 is 38.6. The molecule has 3 rings (SSSR count). The van der Waals surface area contributed by atoms with Crippen molar-refractivity contribution in [3.8, 4) is 0 Å².